The first-order chi connectivity index (χ1) is 57.3. The molecule has 0 aromatic heterocycles. The van der Waals surface area contributed by atoms with Gasteiger partial charge in [0.1, 0.15) is 32.3 Å². The van der Waals surface area contributed by atoms with E-state index in [9.17, 15) is 0 Å². The smallest absolute Gasteiger partial charge is 0.138 e. The monoisotopic (exact) mass is 1700 g/mol. The lowest BCUT2D eigenvalue weighted by atomic mass is 9.85. The number of rotatable bonds is 8. The summed E-state index contributed by atoms with van der Waals surface area (Å²) in [5, 5.41) is 22.6. The van der Waals surface area contributed by atoms with Crippen molar-refractivity contribution in [2.24, 2.45) is 20.7 Å². The first kappa shape index (κ1) is 100. The number of nitrogens with zero attached hydrogens (tertiary/aromatic N) is 6. The lowest BCUT2D eigenvalue weighted by Gasteiger charge is -2.31. The van der Waals surface area contributed by atoms with Gasteiger partial charge in [0.05, 0.1) is 11.4 Å². The largest absolute Gasteiger partial charge is 0.279 e. The maximum atomic E-state index is 4.69. The quantitative estimate of drug-likeness (QED) is 0.0659. The molecular formula is C114H136N6Si4. The lowest BCUT2D eigenvalue weighted by Crippen LogP contribution is -2.35. The summed E-state index contributed by atoms with van der Waals surface area (Å²) in [6, 6.07) is 41.6. The second-order valence-corrected chi connectivity index (χ2v) is 62.6. The fourth-order valence-electron chi connectivity index (χ4n) is 11.0. The van der Waals surface area contributed by atoms with Gasteiger partial charge in [0.25, 0.3) is 0 Å². The fourth-order valence-corrected chi connectivity index (χ4v) is 14.3. The molecule has 0 radical (unpaired) electrons. The van der Waals surface area contributed by atoms with Crippen LogP contribution in [0.2, 0.25) is 72.5 Å². The summed E-state index contributed by atoms with van der Waals surface area (Å²) in [7, 11) is -8.16. The van der Waals surface area contributed by atoms with Gasteiger partial charge in [-0.15, -0.1) is 32.4 Å². The van der Waals surface area contributed by atoms with Crippen LogP contribution in [0.1, 0.15) is 305 Å². The van der Waals surface area contributed by atoms with Crippen molar-refractivity contribution >= 4 is 43.7 Å². The molecule has 7 rings (SSSR count). The SMILES string of the molecule is CCN(CC)N=Nc1ccc(C#CC#Cc2cc(C#Cc3ccc(C(C)(C)C)cc3C#C[Si](C)(C)C(C)(C)C)c(C#CC#Cc3ccc(N=NN(CC)CC)cc3C#Cc3ccc(C(C)(C)C)cc3C#C[Si](C)(C)C(C)(C)C)cc2C#Cc2ccc(C(C)(C)C)cc2C#C[Si](C)(C)C(C)(C)C)c(C#Cc2ccc(C(C)(C)C)cc2C#C[Si](C)(C)C(C)(C)C)c1. The molecule has 7 aromatic carbocycles. The third kappa shape index (κ3) is 28.0. The molecule has 0 heterocycles. The maximum absolute atomic E-state index is 4.69. The standard InChI is InChI=1S/C114H136N6Si4/c1-37-119(38-2)117-115-105-67-61-85(95(83-105)55-51-89-59-65-103(109(11,12)13)81-99(89)71-75-123(33,34)113(23,24)25)45-41-43-47-91-77-94(54-50-88-58-64-102(108(8,9)10)80-98(88)70-74-122(31,32)112(20,21)22)92(78-93(91)53-49-87-57-63-101(107(5,6)7)79-97(87)69-73-121(29,30)111(17,18)19)48-44-42-46-86-62-68-106(116-118-120(39-3)40-4)84-96(86)56-52-90-60-66-104(110(14,15)16)82-100(90)72-76-124(35,36)114(26,27)28/h57-68,77-84H,37-40H2,1-36H3. The van der Waals surface area contributed by atoms with Crippen molar-refractivity contribution in [3.63, 3.8) is 0 Å². The molecule has 10 heteroatoms. The summed E-state index contributed by atoms with van der Waals surface area (Å²) in [6.45, 7) is 84.1. The van der Waals surface area contributed by atoms with E-state index >= 15 is 0 Å². The van der Waals surface area contributed by atoms with E-state index in [1.54, 1.807) is 0 Å². The summed E-state index contributed by atoms with van der Waals surface area (Å²) in [6.07, 6.45) is 0. The molecule has 0 N–H and O–H groups in total. The predicted molar refractivity (Wildman–Crippen MR) is 543 cm³/mol. The fraction of sp³-hybridized carbons (Fsp3) is 0.421. The van der Waals surface area contributed by atoms with E-state index in [4.69, 9.17) is 10.2 Å². The Hall–Kier alpha value is -11.1. The van der Waals surface area contributed by atoms with Gasteiger partial charge in [0, 0.05) is 115 Å². The average molecular weight is 1700 g/mol. The van der Waals surface area contributed by atoms with E-state index in [1.807, 2.05) is 58.5 Å². The Balaban J connectivity index is 1.61. The van der Waals surface area contributed by atoms with Gasteiger partial charge < -0.3 is 0 Å². The molecule has 638 valence electrons. The van der Waals surface area contributed by atoms with Gasteiger partial charge in [-0.25, -0.2) is 0 Å². The zero-order valence-electron chi connectivity index (χ0n) is 82.1. The molecule has 0 saturated carbocycles. The van der Waals surface area contributed by atoms with Gasteiger partial charge >= 0.3 is 0 Å². The van der Waals surface area contributed by atoms with Crippen LogP contribution in [0.3, 0.4) is 0 Å². The van der Waals surface area contributed by atoms with Crippen LogP contribution in [0.15, 0.2) is 142 Å². The Labute approximate surface area is 756 Å². The van der Waals surface area contributed by atoms with Crippen LogP contribution in [0.4, 0.5) is 11.4 Å². The molecule has 0 aliphatic carbocycles. The van der Waals surface area contributed by atoms with Crippen LogP contribution in [0, 0.1) is 141 Å². The van der Waals surface area contributed by atoms with Gasteiger partial charge in [-0.05, 0) is 213 Å². The zero-order valence-corrected chi connectivity index (χ0v) is 86.1. The first-order valence-electron chi connectivity index (χ1n) is 43.9. The van der Waals surface area contributed by atoms with Gasteiger partial charge in [0.15, 0.2) is 0 Å². The lowest BCUT2D eigenvalue weighted by molar-refractivity contribution is 0.300. The molecule has 0 aliphatic heterocycles. The Morgan fingerprint density at radius 1 is 0.218 bits per heavy atom. The summed E-state index contributed by atoms with van der Waals surface area (Å²) in [5.41, 5.74) is 32.7. The highest BCUT2D eigenvalue weighted by molar-refractivity contribution is 6.89. The van der Waals surface area contributed by atoms with Crippen LogP contribution in [0.25, 0.3) is 0 Å². The van der Waals surface area contributed by atoms with Crippen LogP contribution < -0.4 is 0 Å². The van der Waals surface area contributed by atoms with Gasteiger partial charge in [-0.3, -0.25) is 10.0 Å². The van der Waals surface area contributed by atoms with Crippen LogP contribution >= 0.6 is 0 Å². The summed E-state index contributed by atoms with van der Waals surface area (Å²) in [4.78, 5) is 0. The third-order valence-corrected chi connectivity index (χ3v) is 42.5. The van der Waals surface area contributed by atoms with Crippen molar-refractivity contribution in [1.82, 2.24) is 10.0 Å². The zero-order chi connectivity index (χ0) is 92.6. The first-order valence-corrected chi connectivity index (χ1v) is 55.9. The molecule has 0 spiro atoms. The maximum Gasteiger partial charge on any atom is 0.138 e. The molecule has 6 nitrogen and oxygen atoms in total. The minimum Gasteiger partial charge on any atom is -0.279 e. The van der Waals surface area contributed by atoms with E-state index < -0.39 is 32.3 Å². The highest BCUT2D eigenvalue weighted by atomic mass is 28.3. The molecule has 0 bridgehead atoms. The summed E-state index contributed by atoms with van der Waals surface area (Å²) >= 11 is 0. The van der Waals surface area contributed by atoms with Crippen molar-refractivity contribution in [3.05, 3.63) is 233 Å². The molecular weight excluding hydrogens is 1570 g/mol. The average Bonchev–Trinajstić information content (AvgIpc) is 0.810. The van der Waals surface area contributed by atoms with Crippen molar-refractivity contribution in [3.8, 4) is 141 Å². The Kier molecular flexibility index (Phi) is 32.5. The van der Waals surface area contributed by atoms with Crippen LogP contribution in [0.5, 0.6) is 0 Å². The van der Waals surface area contributed by atoms with E-state index in [0.29, 0.717) is 82.1 Å². The van der Waals surface area contributed by atoms with E-state index in [2.05, 4.69) is 470 Å². The Morgan fingerprint density at radius 3 is 0.605 bits per heavy atom. The molecule has 124 heavy (non-hydrogen) atoms. The van der Waals surface area contributed by atoms with Gasteiger partial charge in [-0.2, -0.15) is 0 Å². The molecule has 0 amide bonds. The molecule has 0 unspecified atom stereocenters. The second kappa shape index (κ2) is 40.3. The minimum atomic E-state index is -2.08. The van der Waals surface area contributed by atoms with E-state index in [1.165, 1.54) is 22.3 Å². The topological polar surface area (TPSA) is 55.9 Å². The number of benzene rings is 7. The second-order valence-electron chi connectivity index (χ2n) is 42.6. The molecule has 0 aliphatic rings. The molecule has 0 atom stereocenters. The normalized spacial score (nSPS) is 12.0. The van der Waals surface area contributed by atoms with Crippen molar-refractivity contribution < 1.29 is 0 Å². The van der Waals surface area contributed by atoms with Gasteiger partial charge in [0.2, 0.25) is 0 Å². The molecule has 0 saturated heterocycles. The molecule has 7 aromatic rings. The molecule has 0 fully saturated rings. The minimum absolute atomic E-state index is 0.0356. The predicted octanol–water partition coefficient (Wildman–Crippen LogP) is 27.6. The van der Waals surface area contributed by atoms with Crippen molar-refractivity contribution in [1.29, 1.82) is 0 Å². The third-order valence-electron chi connectivity index (χ3n) is 24.5. The van der Waals surface area contributed by atoms with E-state index in [0.717, 1.165) is 44.5 Å². The number of hydrogen-bond donors (Lipinski definition) is 0. The summed E-state index contributed by atoms with van der Waals surface area (Å²) < 4.78 is 0. The highest BCUT2D eigenvalue weighted by Gasteiger charge is 2.37. The van der Waals surface area contributed by atoms with Crippen LogP contribution in [-0.2, 0) is 21.7 Å². The van der Waals surface area contributed by atoms with Crippen molar-refractivity contribution in [2.45, 2.75) is 288 Å². The van der Waals surface area contributed by atoms with Gasteiger partial charge in [-0.1, -0.05) is 348 Å². The number of hydrogen-bond acceptors (Lipinski definition) is 4. The summed E-state index contributed by atoms with van der Waals surface area (Å²) in [5.74, 6) is 70.6. The van der Waals surface area contributed by atoms with E-state index in [-0.39, 0.29) is 41.8 Å². The Bertz CT molecular complexity index is 5720. The highest BCUT2D eigenvalue weighted by Crippen LogP contribution is 2.40. The Morgan fingerprint density at radius 2 is 0.395 bits per heavy atom. The van der Waals surface area contributed by atoms with Crippen LogP contribution in [-0.4, -0.2) is 68.5 Å². The van der Waals surface area contributed by atoms with Crippen molar-refractivity contribution in [2.75, 3.05) is 26.2 Å².